The number of hydrogen-bond acceptors (Lipinski definition) is 4. The minimum atomic E-state index is -1.11. The first kappa shape index (κ1) is 12.0. The maximum atomic E-state index is 11.2. The van der Waals surface area contributed by atoms with E-state index in [1.54, 1.807) is 12.1 Å². The molecule has 0 unspecified atom stereocenters. The number of rotatable bonds is 6. The molecule has 1 heterocycles. The van der Waals surface area contributed by atoms with Gasteiger partial charge in [0.15, 0.2) is 0 Å². The second-order valence-electron chi connectivity index (χ2n) is 3.12. The van der Waals surface area contributed by atoms with E-state index in [0.29, 0.717) is 18.7 Å². The highest BCUT2D eigenvalue weighted by molar-refractivity contribution is 5.91. The van der Waals surface area contributed by atoms with Gasteiger partial charge in [-0.05, 0) is 31.1 Å². The molecule has 5 heteroatoms. The Labute approximate surface area is 92.8 Å². The van der Waals surface area contributed by atoms with E-state index in [9.17, 15) is 14.7 Å². The van der Waals surface area contributed by atoms with Crippen molar-refractivity contribution in [1.82, 2.24) is 5.32 Å². The van der Waals surface area contributed by atoms with Crippen molar-refractivity contribution >= 4 is 18.0 Å². The molecule has 0 radical (unpaired) electrons. The average molecular weight is 222 g/mol. The maximum Gasteiger partial charge on any atom is 0.244 e. The summed E-state index contributed by atoms with van der Waals surface area (Å²) >= 11 is 0. The molecule has 0 saturated carbocycles. The molecule has 0 atom stereocenters. The van der Waals surface area contributed by atoms with Gasteiger partial charge in [0.2, 0.25) is 5.91 Å². The Hall–Kier alpha value is -2.04. The van der Waals surface area contributed by atoms with E-state index in [1.165, 1.54) is 18.4 Å². The van der Waals surface area contributed by atoms with Crippen LogP contribution in [-0.4, -0.2) is 18.4 Å². The van der Waals surface area contributed by atoms with Crippen molar-refractivity contribution in [1.29, 1.82) is 0 Å². The van der Waals surface area contributed by atoms with E-state index < -0.39 is 5.97 Å². The van der Waals surface area contributed by atoms with Crippen LogP contribution in [0.1, 0.15) is 18.6 Å². The van der Waals surface area contributed by atoms with Gasteiger partial charge in [-0.3, -0.25) is 4.79 Å². The first-order valence-corrected chi connectivity index (χ1v) is 4.88. The Morgan fingerprint density at radius 3 is 2.94 bits per heavy atom. The zero-order chi connectivity index (χ0) is 11.8. The number of amides is 1. The Kier molecular flexibility index (Phi) is 4.85. The number of furan rings is 1. The quantitative estimate of drug-likeness (QED) is 0.540. The van der Waals surface area contributed by atoms with Crippen molar-refractivity contribution in [3.05, 3.63) is 30.2 Å². The summed E-state index contributed by atoms with van der Waals surface area (Å²) in [5, 5.41) is 12.6. The zero-order valence-electron chi connectivity index (χ0n) is 8.64. The van der Waals surface area contributed by atoms with Crippen LogP contribution in [-0.2, 0) is 9.59 Å². The van der Waals surface area contributed by atoms with Gasteiger partial charge >= 0.3 is 0 Å². The van der Waals surface area contributed by atoms with Crippen LogP contribution in [0.15, 0.2) is 28.9 Å². The van der Waals surface area contributed by atoms with Crippen LogP contribution < -0.4 is 10.4 Å². The normalized spacial score (nSPS) is 10.5. The van der Waals surface area contributed by atoms with Gasteiger partial charge in [0.25, 0.3) is 0 Å². The summed E-state index contributed by atoms with van der Waals surface area (Å²) in [4.78, 5) is 21.3. The predicted molar refractivity (Wildman–Crippen MR) is 55.0 cm³/mol. The molecule has 5 nitrogen and oxygen atoms in total. The van der Waals surface area contributed by atoms with Crippen LogP contribution in [0.4, 0.5) is 0 Å². The largest absolute Gasteiger partial charge is 0.550 e. The highest BCUT2D eigenvalue weighted by atomic mass is 16.4. The number of nitrogens with one attached hydrogen (secondary N) is 1. The average Bonchev–Trinajstić information content (AvgIpc) is 2.74. The van der Waals surface area contributed by atoms with Crippen molar-refractivity contribution in [3.8, 4) is 0 Å². The number of hydrogen-bond donors (Lipinski definition) is 1. The highest BCUT2D eigenvalue weighted by Crippen LogP contribution is 2.01. The lowest BCUT2D eigenvalue weighted by molar-refractivity contribution is -0.305. The molecule has 0 aliphatic carbocycles. The number of carboxylic acids is 1. The van der Waals surface area contributed by atoms with Crippen LogP contribution >= 0.6 is 0 Å². The van der Waals surface area contributed by atoms with E-state index in [0.717, 1.165) is 0 Å². The lowest BCUT2D eigenvalue weighted by Gasteiger charge is -2.02. The Morgan fingerprint density at radius 1 is 1.50 bits per heavy atom. The molecule has 0 spiro atoms. The third-order valence-electron chi connectivity index (χ3n) is 1.80. The van der Waals surface area contributed by atoms with Gasteiger partial charge in [-0.25, -0.2) is 0 Å². The third-order valence-corrected chi connectivity index (χ3v) is 1.80. The maximum absolute atomic E-state index is 11.2. The van der Waals surface area contributed by atoms with E-state index in [1.807, 2.05) is 0 Å². The molecule has 1 aromatic rings. The number of carboxylic acid groups (broad SMARTS) is 1. The van der Waals surface area contributed by atoms with Crippen molar-refractivity contribution < 1.29 is 19.1 Å². The van der Waals surface area contributed by atoms with Gasteiger partial charge in [-0.15, -0.1) is 0 Å². The lowest BCUT2D eigenvalue weighted by Crippen LogP contribution is -2.26. The van der Waals surface area contributed by atoms with Crippen molar-refractivity contribution in [3.63, 3.8) is 0 Å². The van der Waals surface area contributed by atoms with Crippen molar-refractivity contribution in [2.75, 3.05) is 6.54 Å². The smallest absolute Gasteiger partial charge is 0.244 e. The van der Waals surface area contributed by atoms with Crippen LogP contribution in [0, 0.1) is 0 Å². The molecule has 0 aromatic carbocycles. The van der Waals surface area contributed by atoms with Crippen LogP contribution in [0.3, 0.4) is 0 Å². The monoisotopic (exact) mass is 222 g/mol. The van der Waals surface area contributed by atoms with Crippen LogP contribution in [0.5, 0.6) is 0 Å². The van der Waals surface area contributed by atoms with Gasteiger partial charge in [-0.2, -0.15) is 0 Å². The molecule has 0 saturated heterocycles. The minimum Gasteiger partial charge on any atom is -0.550 e. The van der Waals surface area contributed by atoms with E-state index in [2.05, 4.69) is 5.32 Å². The first-order valence-electron chi connectivity index (χ1n) is 4.88. The van der Waals surface area contributed by atoms with Gasteiger partial charge in [-0.1, -0.05) is 0 Å². The molecule has 16 heavy (non-hydrogen) atoms. The highest BCUT2D eigenvalue weighted by Gasteiger charge is 1.95. The van der Waals surface area contributed by atoms with Gasteiger partial charge in [0.05, 0.1) is 6.26 Å². The van der Waals surface area contributed by atoms with Crippen LogP contribution in [0.25, 0.3) is 6.08 Å². The number of aliphatic carboxylic acids is 1. The van der Waals surface area contributed by atoms with Crippen molar-refractivity contribution in [2.24, 2.45) is 0 Å². The summed E-state index contributed by atoms with van der Waals surface area (Å²) in [6.45, 7) is 0.315. The molecule has 0 aliphatic rings. The zero-order valence-corrected chi connectivity index (χ0v) is 8.64. The minimum absolute atomic E-state index is 0.0534. The summed E-state index contributed by atoms with van der Waals surface area (Å²) in [7, 11) is 0. The summed E-state index contributed by atoms with van der Waals surface area (Å²) in [5.74, 6) is -0.806. The number of carbonyl (C=O) groups is 2. The van der Waals surface area contributed by atoms with Crippen molar-refractivity contribution in [2.45, 2.75) is 12.8 Å². The lowest BCUT2D eigenvalue weighted by atomic mass is 10.3. The molecular formula is C11H12NO4-. The van der Waals surface area contributed by atoms with Gasteiger partial charge < -0.3 is 19.6 Å². The van der Waals surface area contributed by atoms with E-state index >= 15 is 0 Å². The molecule has 0 aliphatic heterocycles. The second-order valence-corrected chi connectivity index (χ2v) is 3.12. The van der Waals surface area contributed by atoms with E-state index in [4.69, 9.17) is 4.42 Å². The summed E-state index contributed by atoms with van der Waals surface area (Å²) in [6.07, 6.45) is 4.69. The molecule has 0 fully saturated rings. The fourth-order valence-electron chi connectivity index (χ4n) is 1.05. The summed E-state index contributed by atoms with van der Waals surface area (Å²) < 4.78 is 4.99. The molecule has 0 bridgehead atoms. The fraction of sp³-hybridized carbons (Fsp3) is 0.273. The van der Waals surface area contributed by atoms with Crippen LogP contribution in [0.2, 0.25) is 0 Å². The predicted octanol–water partition coefficient (Wildman–Crippen LogP) is -0.0609. The summed E-state index contributed by atoms with van der Waals surface area (Å²) in [6, 6.07) is 3.44. The topological polar surface area (TPSA) is 82.4 Å². The molecule has 1 aromatic heterocycles. The molecule has 86 valence electrons. The standard InChI is InChI=1S/C11H13NO4/c13-10(12-7-1-4-11(14)15)6-5-9-3-2-8-16-9/h2-3,5-6,8H,1,4,7H2,(H,12,13)(H,14,15)/p-1/b6-5+. The first-order chi connectivity index (χ1) is 7.68. The summed E-state index contributed by atoms with van der Waals surface area (Å²) in [5.41, 5.74) is 0. The van der Waals surface area contributed by atoms with Gasteiger partial charge in [0, 0.05) is 18.6 Å². The Balaban J connectivity index is 2.18. The Bertz CT molecular complexity index is 367. The van der Waals surface area contributed by atoms with Gasteiger partial charge in [0.1, 0.15) is 5.76 Å². The number of carbonyl (C=O) groups excluding carboxylic acids is 2. The second kappa shape index (κ2) is 6.44. The molecule has 1 N–H and O–H groups in total. The molecule has 1 amide bonds. The van der Waals surface area contributed by atoms with E-state index in [-0.39, 0.29) is 12.3 Å². The molecular weight excluding hydrogens is 210 g/mol. The Morgan fingerprint density at radius 2 is 2.31 bits per heavy atom. The third kappa shape index (κ3) is 4.99. The molecule has 1 rings (SSSR count). The SMILES string of the molecule is O=C([O-])CCCNC(=O)/C=C/c1ccco1. The fourth-order valence-corrected chi connectivity index (χ4v) is 1.05.